The Kier molecular flexibility index (Phi) is 6.11. The lowest BCUT2D eigenvalue weighted by molar-refractivity contribution is 0.154. The molecule has 1 aromatic carbocycles. The van der Waals surface area contributed by atoms with Crippen LogP contribution in [0.5, 0.6) is 0 Å². The van der Waals surface area contributed by atoms with Crippen LogP contribution in [0.25, 0.3) is 0 Å². The zero-order chi connectivity index (χ0) is 14.3. The third-order valence-corrected chi connectivity index (χ3v) is 2.64. The second kappa shape index (κ2) is 7.60. The molecule has 0 radical (unpaired) electrons. The fourth-order valence-corrected chi connectivity index (χ4v) is 1.50. The number of nitrogens with one attached hydrogen (secondary N) is 1. The Labute approximate surface area is 116 Å². The Morgan fingerprint density at radius 1 is 1.37 bits per heavy atom. The number of nitrogens with zero attached hydrogens (tertiary/aromatic N) is 1. The van der Waals surface area contributed by atoms with Crippen molar-refractivity contribution in [1.82, 2.24) is 10.2 Å². The summed E-state index contributed by atoms with van der Waals surface area (Å²) in [5.41, 5.74) is 5.99. The number of urea groups is 2. The third-order valence-electron chi connectivity index (χ3n) is 2.39. The van der Waals surface area contributed by atoms with E-state index >= 15 is 0 Å². The first-order valence-corrected chi connectivity index (χ1v) is 6.00. The number of hydrogen-bond acceptors (Lipinski definition) is 3. The molecule has 104 valence electrons. The minimum Gasteiger partial charge on any atom is -0.383 e. The van der Waals surface area contributed by atoms with E-state index in [1.54, 1.807) is 24.3 Å². The van der Waals surface area contributed by atoms with Gasteiger partial charge in [-0.2, -0.15) is 0 Å². The van der Waals surface area contributed by atoms with Crippen molar-refractivity contribution in [2.75, 3.05) is 20.3 Å². The number of methoxy groups -OCH3 is 1. The van der Waals surface area contributed by atoms with Crippen LogP contribution in [-0.4, -0.2) is 37.2 Å². The Hall–Kier alpha value is -1.79. The van der Waals surface area contributed by atoms with Crippen molar-refractivity contribution in [1.29, 1.82) is 0 Å². The maximum Gasteiger partial charge on any atom is 0.325 e. The minimum absolute atomic E-state index is 0.109. The van der Waals surface area contributed by atoms with Crippen molar-refractivity contribution >= 4 is 23.7 Å². The molecule has 0 heterocycles. The highest BCUT2D eigenvalue weighted by atomic mass is 35.5. The first kappa shape index (κ1) is 15.3. The fraction of sp³-hybridized carbons (Fsp3) is 0.333. The Morgan fingerprint density at radius 3 is 2.53 bits per heavy atom. The van der Waals surface area contributed by atoms with E-state index in [1.165, 1.54) is 7.11 Å². The first-order valence-electron chi connectivity index (χ1n) is 5.62. The molecular weight excluding hydrogens is 270 g/mol. The van der Waals surface area contributed by atoms with Crippen LogP contribution in [0, 0.1) is 0 Å². The number of nitrogens with two attached hydrogens (primary N) is 1. The summed E-state index contributed by atoms with van der Waals surface area (Å²) in [5.74, 6) is 0. The maximum absolute atomic E-state index is 11.8. The average molecular weight is 286 g/mol. The van der Waals surface area contributed by atoms with Crippen LogP contribution in [-0.2, 0) is 11.3 Å². The predicted octanol–water partition coefficient (Wildman–Crippen LogP) is 1.58. The second-order valence-corrected chi connectivity index (χ2v) is 4.20. The first-order chi connectivity index (χ1) is 9.04. The van der Waals surface area contributed by atoms with Gasteiger partial charge in [0.15, 0.2) is 0 Å². The van der Waals surface area contributed by atoms with E-state index in [1.807, 2.05) is 0 Å². The van der Waals surface area contributed by atoms with Crippen molar-refractivity contribution < 1.29 is 14.3 Å². The molecule has 1 aromatic rings. The number of hydrogen-bond donors (Lipinski definition) is 2. The zero-order valence-electron chi connectivity index (χ0n) is 10.6. The molecule has 6 nitrogen and oxygen atoms in total. The van der Waals surface area contributed by atoms with Gasteiger partial charge in [0.2, 0.25) is 0 Å². The molecule has 0 fully saturated rings. The van der Waals surface area contributed by atoms with Gasteiger partial charge in [-0.25, -0.2) is 14.5 Å². The summed E-state index contributed by atoms with van der Waals surface area (Å²) in [5, 5.41) is 3.22. The number of primary amides is 1. The molecule has 3 N–H and O–H groups in total. The molecular formula is C12H16ClN3O3. The summed E-state index contributed by atoms with van der Waals surface area (Å²) < 4.78 is 4.80. The largest absolute Gasteiger partial charge is 0.383 e. The van der Waals surface area contributed by atoms with Crippen molar-refractivity contribution in [2.24, 2.45) is 5.73 Å². The van der Waals surface area contributed by atoms with Gasteiger partial charge >= 0.3 is 12.1 Å². The Balaban J connectivity index is 2.52. The molecule has 0 unspecified atom stereocenters. The highest BCUT2D eigenvalue weighted by molar-refractivity contribution is 6.30. The van der Waals surface area contributed by atoms with E-state index in [0.29, 0.717) is 5.02 Å². The number of carbonyl (C=O) groups is 2. The molecule has 0 aromatic heterocycles. The highest BCUT2D eigenvalue weighted by Gasteiger charge is 2.17. The topological polar surface area (TPSA) is 84.7 Å². The van der Waals surface area contributed by atoms with Gasteiger partial charge in [-0.3, -0.25) is 0 Å². The monoisotopic (exact) mass is 285 g/mol. The van der Waals surface area contributed by atoms with Crippen LogP contribution in [0.1, 0.15) is 5.56 Å². The molecule has 0 aliphatic carbocycles. The van der Waals surface area contributed by atoms with Crippen LogP contribution >= 0.6 is 11.6 Å². The van der Waals surface area contributed by atoms with Crippen molar-refractivity contribution in [3.63, 3.8) is 0 Å². The summed E-state index contributed by atoms with van der Waals surface area (Å²) in [6.07, 6.45) is 0. The number of ether oxygens (including phenoxy) is 1. The van der Waals surface area contributed by atoms with Crippen LogP contribution in [0.4, 0.5) is 9.59 Å². The number of amides is 4. The van der Waals surface area contributed by atoms with Crippen molar-refractivity contribution in [3.8, 4) is 0 Å². The predicted molar refractivity (Wildman–Crippen MR) is 71.9 cm³/mol. The second-order valence-electron chi connectivity index (χ2n) is 3.77. The van der Waals surface area contributed by atoms with Crippen LogP contribution in [0.2, 0.25) is 5.02 Å². The number of carbonyl (C=O) groups excluding carboxylic acids is 2. The van der Waals surface area contributed by atoms with E-state index in [2.05, 4.69) is 5.32 Å². The lowest BCUT2D eigenvalue weighted by Crippen LogP contribution is -2.47. The Morgan fingerprint density at radius 2 is 2.00 bits per heavy atom. The van der Waals surface area contributed by atoms with E-state index < -0.39 is 12.1 Å². The number of imide groups is 1. The van der Waals surface area contributed by atoms with E-state index in [4.69, 9.17) is 22.1 Å². The quantitative estimate of drug-likeness (QED) is 0.861. The molecule has 7 heteroatoms. The number of rotatable bonds is 5. The standard InChI is InChI=1S/C12H16ClN3O3/c1-19-7-6-16(11(14)17)12(18)15-8-9-2-4-10(13)5-3-9/h2-5H,6-8H2,1H3,(H2,14,17)(H,15,18). The van der Waals surface area contributed by atoms with Gasteiger partial charge in [-0.1, -0.05) is 23.7 Å². The molecule has 4 amide bonds. The molecule has 1 rings (SSSR count). The van der Waals surface area contributed by atoms with Gasteiger partial charge < -0.3 is 15.8 Å². The van der Waals surface area contributed by atoms with Gasteiger partial charge in [-0.05, 0) is 17.7 Å². The summed E-state index contributed by atoms with van der Waals surface area (Å²) in [4.78, 5) is 23.8. The van der Waals surface area contributed by atoms with Gasteiger partial charge in [0.05, 0.1) is 13.2 Å². The maximum atomic E-state index is 11.8. The molecule has 0 aliphatic rings. The molecule has 0 saturated carbocycles. The zero-order valence-corrected chi connectivity index (χ0v) is 11.3. The van der Waals surface area contributed by atoms with Crippen molar-refractivity contribution in [2.45, 2.75) is 6.54 Å². The lowest BCUT2D eigenvalue weighted by atomic mass is 10.2. The summed E-state index contributed by atoms with van der Waals surface area (Å²) >= 11 is 5.75. The normalized spacial score (nSPS) is 10.0. The van der Waals surface area contributed by atoms with Crippen molar-refractivity contribution in [3.05, 3.63) is 34.9 Å². The smallest absolute Gasteiger partial charge is 0.325 e. The average Bonchev–Trinajstić information content (AvgIpc) is 2.38. The summed E-state index contributed by atoms with van der Waals surface area (Å²) in [6, 6.07) is 5.64. The molecule has 0 bridgehead atoms. The molecule has 0 aliphatic heterocycles. The fourth-order valence-electron chi connectivity index (χ4n) is 1.37. The third kappa shape index (κ3) is 5.15. The molecule has 0 saturated heterocycles. The van der Waals surface area contributed by atoms with Crippen LogP contribution < -0.4 is 11.1 Å². The summed E-state index contributed by atoms with van der Waals surface area (Å²) in [7, 11) is 1.48. The van der Waals surface area contributed by atoms with Crippen LogP contribution in [0.3, 0.4) is 0 Å². The van der Waals surface area contributed by atoms with Gasteiger partial charge in [0.1, 0.15) is 0 Å². The van der Waals surface area contributed by atoms with E-state index in [-0.39, 0.29) is 19.7 Å². The minimum atomic E-state index is -0.814. The van der Waals surface area contributed by atoms with Crippen LogP contribution in [0.15, 0.2) is 24.3 Å². The molecule has 19 heavy (non-hydrogen) atoms. The SMILES string of the molecule is COCCN(C(N)=O)C(=O)NCc1ccc(Cl)cc1. The van der Waals surface area contributed by atoms with E-state index in [0.717, 1.165) is 10.5 Å². The van der Waals surface area contributed by atoms with Gasteiger partial charge in [-0.15, -0.1) is 0 Å². The Bertz CT molecular complexity index is 436. The van der Waals surface area contributed by atoms with E-state index in [9.17, 15) is 9.59 Å². The number of halogens is 1. The van der Waals surface area contributed by atoms with Gasteiger partial charge in [0.25, 0.3) is 0 Å². The summed E-state index contributed by atoms with van der Waals surface area (Å²) in [6.45, 7) is 0.627. The molecule has 0 spiro atoms. The lowest BCUT2D eigenvalue weighted by Gasteiger charge is -2.18. The number of benzene rings is 1. The van der Waals surface area contributed by atoms with Gasteiger partial charge in [0, 0.05) is 18.7 Å². The molecule has 0 atom stereocenters. The highest BCUT2D eigenvalue weighted by Crippen LogP contribution is 2.09.